The van der Waals surface area contributed by atoms with Crippen molar-refractivity contribution in [3.63, 3.8) is 0 Å². The van der Waals surface area contributed by atoms with Crippen molar-refractivity contribution >= 4 is 41.0 Å². The summed E-state index contributed by atoms with van der Waals surface area (Å²) >= 11 is 0.741. The molecule has 0 aromatic heterocycles. The molecule has 0 bridgehead atoms. The molecule has 0 radical (unpaired) electrons. The molecule has 1 N–H and O–H groups in total. The smallest absolute Gasteiger partial charge is 0.293 e. The van der Waals surface area contributed by atoms with Gasteiger partial charge in [-0.1, -0.05) is 24.3 Å². The fourth-order valence-electron chi connectivity index (χ4n) is 2.90. The Balaban J connectivity index is 1.54. The highest BCUT2D eigenvalue weighted by molar-refractivity contribution is 8.18. The fourth-order valence-corrected chi connectivity index (χ4v) is 3.76. The summed E-state index contributed by atoms with van der Waals surface area (Å²) in [5, 5.41) is 2.16. The minimum atomic E-state index is -0.515. The van der Waals surface area contributed by atoms with Gasteiger partial charge >= 0.3 is 0 Å². The third-order valence-corrected chi connectivity index (χ3v) is 5.44. The number of hydrogen-bond donors (Lipinski definition) is 1. The van der Waals surface area contributed by atoms with Gasteiger partial charge in [-0.25, -0.2) is 4.39 Å². The number of halogens is 1. The molecule has 3 rings (SSSR count). The Kier molecular flexibility index (Phi) is 7.67. The minimum Gasteiger partial charge on any atom is -0.493 e. The van der Waals surface area contributed by atoms with Crippen molar-refractivity contribution < 1.29 is 28.2 Å². The van der Waals surface area contributed by atoms with Crippen LogP contribution in [0.15, 0.2) is 53.4 Å². The molecule has 1 aliphatic rings. The molecular weight excluding hydrogens is 435 g/mol. The average Bonchev–Trinajstić information content (AvgIpc) is 3.06. The summed E-state index contributed by atoms with van der Waals surface area (Å²) in [6, 6.07) is 11.2. The third-order valence-electron chi connectivity index (χ3n) is 4.53. The van der Waals surface area contributed by atoms with E-state index in [9.17, 15) is 18.8 Å². The number of benzene rings is 2. The second-order valence-electron chi connectivity index (χ2n) is 6.59. The van der Waals surface area contributed by atoms with E-state index in [2.05, 4.69) is 5.32 Å². The molecule has 9 heteroatoms. The number of rotatable bonds is 8. The summed E-state index contributed by atoms with van der Waals surface area (Å²) in [5.41, 5.74) is 0.966. The number of ether oxygens (including phenoxy) is 2. The molecule has 1 aliphatic heterocycles. The first-order valence-electron chi connectivity index (χ1n) is 9.60. The molecule has 32 heavy (non-hydrogen) atoms. The maximum Gasteiger partial charge on any atom is 0.293 e. The van der Waals surface area contributed by atoms with E-state index >= 15 is 0 Å². The highest BCUT2D eigenvalue weighted by Gasteiger charge is 2.34. The molecule has 166 valence electrons. The van der Waals surface area contributed by atoms with Crippen LogP contribution in [-0.4, -0.2) is 49.3 Å². The van der Waals surface area contributed by atoms with E-state index in [1.54, 1.807) is 36.4 Å². The molecule has 0 unspecified atom stereocenters. The van der Waals surface area contributed by atoms with E-state index in [1.807, 2.05) is 0 Å². The number of amides is 3. The number of carbonyl (C=O) groups is 3. The number of carbonyl (C=O) groups excluding carboxylic acids is 3. The summed E-state index contributed by atoms with van der Waals surface area (Å²) < 4.78 is 24.2. The van der Waals surface area contributed by atoms with Crippen LogP contribution in [0, 0.1) is 5.82 Å². The molecule has 1 heterocycles. The van der Waals surface area contributed by atoms with Crippen LogP contribution >= 0.6 is 11.8 Å². The highest BCUT2D eigenvalue weighted by Crippen LogP contribution is 2.32. The number of nitrogens with one attached hydrogen (secondary N) is 1. The van der Waals surface area contributed by atoms with Crippen LogP contribution in [0.25, 0.3) is 12.2 Å². The van der Waals surface area contributed by atoms with Gasteiger partial charge in [-0.3, -0.25) is 19.3 Å². The maximum absolute atomic E-state index is 13.8. The zero-order chi connectivity index (χ0) is 23.1. The predicted octanol–water partition coefficient (Wildman–Crippen LogP) is 3.71. The maximum atomic E-state index is 13.8. The summed E-state index contributed by atoms with van der Waals surface area (Å²) in [6.07, 6.45) is 4.30. The molecule has 0 spiro atoms. The highest BCUT2D eigenvalue weighted by atomic mass is 32.2. The Morgan fingerprint density at radius 2 is 1.88 bits per heavy atom. The van der Waals surface area contributed by atoms with Crippen molar-refractivity contribution in [1.29, 1.82) is 0 Å². The van der Waals surface area contributed by atoms with Crippen LogP contribution < -0.4 is 14.8 Å². The van der Waals surface area contributed by atoms with Crippen molar-refractivity contribution in [3.8, 4) is 11.5 Å². The predicted molar refractivity (Wildman–Crippen MR) is 121 cm³/mol. The lowest BCUT2D eigenvalue weighted by atomic mass is 10.2. The van der Waals surface area contributed by atoms with E-state index in [0.717, 1.165) is 22.2 Å². The monoisotopic (exact) mass is 456 g/mol. The first-order chi connectivity index (χ1) is 15.4. The standard InChI is InChI=1S/C23H21FN2O5S/c1-30-18-9-7-15(13-19(18)31-2)8-10-21(27)25-11-12-26-22(28)20(32-23(26)29)14-16-5-3-4-6-17(16)24/h3-10,13-14H,11-12H2,1-2H3,(H,25,27)/b10-8+,20-14-. The van der Waals surface area contributed by atoms with Crippen molar-refractivity contribution in [3.05, 3.63) is 70.4 Å². The van der Waals surface area contributed by atoms with Gasteiger partial charge in [0.05, 0.1) is 19.1 Å². The van der Waals surface area contributed by atoms with Gasteiger partial charge in [-0.2, -0.15) is 0 Å². The number of thioether (sulfide) groups is 1. The second kappa shape index (κ2) is 10.6. The summed E-state index contributed by atoms with van der Waals surface area (Å²) in [6.45, 7) is 0.0926. The quantitative estimate of drug-likeness (QED) is 0.610. The van der Waals surface area contributed by atoms with Crippen LogP contribution in [0.2, 0.25) is 0 Å². The van der Waals surface area contributed by atoms with Gasteiger partial charge in [0.1, 0.15) is 5.82 Å². The first kappa shape index (κ1) is 23.1. The molecule has 2 aromatic carbocycles. The number of methoxy groups -OCH3 is 2. The Bertz CT molecular complexity index is 1100. The van der Waals surface area contributed by atoms with Gasteiger partial charge in [0.25, 0.3) is 11.1 Å². The van der Waals surface area contributed by atoms with Crippen LogP contribution in [0.4, 0.5) is 9.18 Å². The van der Waals surface area contributed by atoms with Crippen LogP contribution in [0.5, 0.6) is 11.5 Å². The molecule has 0 aliphatic carbocycles. The Labute approximate surface area is 188 Å². The van der Waals surface area contributed by atoms with Crippen molar-refractivity contribution in [2.75, 3.05) is 27.3 Å². The molecule has 0 atom stereocenters. The van der Waals surface area contributed by atoms with Crippen molar-refractivity contribution in [2.24, 2.45) is 0 Å². The van der Waals surface area contributed by atoms with E-state index in [0.29, 0.717) is 11.5 Å². The third kappa shape index (κ3) is 5.55. The lowest BCUT2D eigenvalue weighted by molar-refractivity contribution is -0.123. The van der Waals surface area contributed by atoms with Crippen LogP contribution in [0.3, 0.4) is 0 Å². The number of nitrogens with zero attached hydrogens (tertiary/aromatic N) is 1. The zero-order valence-corrected chi connectivity index (χ0v) is 18.3. The zero-order valence-electron chi connectivity index (χ0n) is 17.5. The van der Waals surface area contributed by atoms with Crippen molar-refractivity contribution in [1.82, 2.24) is 10.2 Å². The Morgan fingerprint density at radius 1 is 1.12 bits per heavy atom. The van der Waals surface area contributed by atoms with E-state index in [1.165, 1.54) is 38.5 Å². The lowest BCUT2D eigenvalue weighted by Gasteiger charge is -2.12. The number of hydrogen-bond acceptors (Lipinski definition) is 6. The first-order valence-corrected chi connectivity index (χ1v) is 10.4. The Hall–Kier alpha value is -3.59. The van der Waals surface area contributed by atoms with Gasteiger partial charge in [0, 0.05) is 24.7 Å². The molecule has 7 nitrogen and oxygen atoms in total. The molecule has 0 saturated carbocycles. The molecule has 1 saturated heterocycles. The van der Waals surface area contributed by atoms with Gasteiger partial charge in [-0.05, 0) is 47.7 Å². The summed E-state index contributed by atoms with van der Waals surface area (Å²) in [7, 11) is 3.06. The molecule has 1 fully saturated rings. The van der Waals surface area contributed by atoms with Gasteiger partial charge in [0.2, 0.25) is 5.91 Å². The van der Waals surface area contributed by atoms with Gasteiger partial charge < -0.3 is 14.8 Å². The van der Waals surface area contributed by atoms with Crippen LogP contribution in [-0.2, 0) is 9.59 Å². The summed E-state index contributed by atoms with van der Waals surface area (Å²) in [4.78, 5) is 37.9. The van der Waals surface area contributed by atoms with Crippen molar-refractivity contribution in [2.45, 2.75) is 0 Å². The molecule has 2 aromatic rings. The largest absolute Gasteiger partial charge is 0.493 e. The molecular formula is C23H21FN2O5S. The normalized spacial score (nSPS) is 15.0. The number of imide groups is 1. The van der Waals surface area contributed by atoms with Crippen LogP contribution in [0.1, 0.15) is 11.1 Å². The second-order valence-corrected chi connectivity index (χ2v) is 7.59. The average molecular weight is 456 g/mol. The lowest BCUT2D eigenvalue weighted by Crippen LogP contribution is -2.36. The van der Waals surface area contributed by atoms with Gasteiger partial charge in [0.15, 0.2) is 11.5 Å². The fraction of sp³-hybridized carbons (Fsp3) is 0.174. The SMILES string of the molecule is COc1ccc(/C=C/C(=O)NCCN2C(=O)S/C(=C\c3ccccc3F)C2=O)cc1OC. The Morgan fingerprint density at radius 3 is 2.59 bits per heavy atom. The van der Waals surface area contributed by atoms with E-state index in [-0.39, 0.29) is 29.5 Å². The molecule has 3 amide bonds. The topological polar surface area (TPSA) is 84.9 Å². The van der Waals surface area contributed by atoms with Gasteiger partial charge in [-0.15, -0.1) is 0 Å². The summed E-state index contributed by atoms with van der Waals surface area (Å²) in [5.74, 6) is -0.256. The van der Waals surface area contributed by atoms with E-state index < -0.39 is 17.0 Å². The van der Waals surface area contributed by atoms with E-state index in [4.69, 9.17) is 9.47 Å². The minimum absolute atomic E-state index is 0.00914.